The Hall–Kier alpha value is -0.810. The SMILES string of the molecule is CNc1nc(C2CSCCO2)nc2c1CCCCC2. The van der Waals surface area contributed by atoms with E-state index in [1.165, 1.54) is 30.5 Å². The van der Waals surface area contributed by atoms with Gasteiger partial charge in [0, 0.05) is 29.8 Å². The number of anilines is 1. The summed E-state index contributed by atoms with van der Waals surface area (Å²) in [6.45, 7) is 0.810. The number of fused-ring (bicyclic) bond motifs is 1. The monoisotopic (exact) mass is 279 g/mol. The molecule has 0 saturated carbocycles. The molecule has 1 aliphatic carbocycles. The van der Waals surface area contributed by atoms with Crippen molar-refractivity contribution in [3.63, 3.8) is 0 Å². The summed E-state index contributed by atoms with van der Waals surface area (Å²) < 4.78 is 5.81. The quantitative estimate of drug-likeness (QED) is 0.843. The van der Waals surface area contributed by atoms with Gasteiger partial charge in [-0.15, -0.1) is 0 Å². The van der Waals surface area contributed by atoms with E-state index in [4.69, 9.17) is 14.7 Å². The predicted octanol–water partition coefficient (Wildman–Crippen LogP) is 2.59. The third-order valence-corrected chi connectivity index (χ3v) is 4.78. The summed E-state index contributed by atoms with van der Waals surface area (Å²) in [5.41, 5.74) is 2.57. The maximum absolute atomic E-state index is 5.81. The van der Waals surface area contributed by atoms with Crippen molar-refractivity contribution in [2.24, 2.45) is 0 Å². The van der Waals surface area contributed by atoms with E-state index in [2.05, 4.69) is 5.32 Å². The first kappa shape index (κ1) is 13.2. The molecule has 1 aromatic rings. The largest absolute Gasteiger partial charge is 0.373 e. The summed E-state index contributed by atoms with van der Waals surface area (Å²) in [5, 5.41) is 3.25. The molecule has 0 amide bonds. The third kappa shape index (κ3) is 2.87. The van der Waals surface area contributed by atoms with Crippen LogP contribution in [-0.4, -0.2) is 35.1 Å². The summed E-state index contributed by atoms with van der Waals surface area (Å²) in [7, 11) is 1.95. The van der Waals surface area contributed by atoms with E-state index < -0.39 is 0 Å². The molecule has 2 aliphatic rings. The van der Waals surface area contributed by atoms with Crippen molar-refractivity contribution in [1.82, 2.24) is 9.97 Å². The first-order chi connectivity index (χ1) is 9.38. The minimum absolute atomic E-state index is 0.0689. The van der Waals surface area contributed by atoms with Gasteiger partial charge >= 0.3 is 0 Å². The van der Waals surface area contributed by atoms with Crippen LogP contribution < -0.4 is 5.32 Å². The van der Waals surface area contributed by atoms with Crippen molar-refractivity contribution in [3.8, 4) is 0 Å². The van der Waals surface area contributed by atoms with Crippen LogP contribution >= 0.6 is 11.8 Å². The molecule has 1 atom stereocenters. The van der Waals surface area contributed by atoms with Crippen molar-refractivity contribution in [2.45, 2.75) is 38.2 Å². The lowest BCUT2D eigenvalue weighted by Gasteiger charge is -2.22. The van der Waals surface area contributed by atoms with E-state index in [0.717, 1.165) is 42.6 Å². The molecule has 4 nitrogen and oxygen atoms in total. The van der Waals surface area contributed by atoms with Crippen LogP contribution in [0.3, 0.4) is 0 Å². The Labute approximate surface area is 118 Å². The van der Waals surface area contributed by atoms with Gasteiger partial charge in [0.05, 0.1) is 6.61 Å². The fourth-order valence-electron chi connectivity index (χ4n) is 2.78. The van der Waals surface area contributed by atoms with Gasteiger partial charge in [0.2, 0.25) is 0 Å². The average Bonchev–Trinajstić information content (AvgIpc) is 2.72. The van der Waals surface area contributed by atoms with Gasteiger partial charge in [0.1, 0.15) is 11.9 Å². The van der Waals surface area contributed by atoms with Gasteiger partial charge in [0.15, 0.2) is 5.82 Å². The molecule has 5 heteroatoms. The highest BCUT2D eigenvalue weighted by atomic mass is 32.2. The minimum atomic E-state index is 0.0689. The number of thioether (sulfide) groups is 1. The third-order valence-electron chi connectivity index (χ3n) is 3.79. The van der Waals surface area contributed by atoms with E-state index in [1.807, 2.05) is 18.8 Å². The molecule has 0 bridgehead atoms. The summed E-state index contributed by atoms with van der Waals surface area (Å²) in [4.78, 5) is 9.53. The van der Waals surface area contributed by atoms with Gasteiger partial charge in [-0.05, 0) is 25.7 Å². The maximum atomic E-state index is 5.81. The van der Waals surface area contributed by atoms with Gasteiger partial charge in [-0.1, -0.05) is 6.42 Å². The highest BCUT2D eigenvalue weighted by molar-refractivity contribution is 7.99. The second kappa shape index (κ2) is 6.09. The zero-order chi connectivity index (χ0) is 13.1. The highest BCUT2D eigenvalue weighted by Gasteiger charge is 2.23. The van der Waals surface area contributed by atoms with Crippen molar-refractivity contribution >= 4 is 17.6 Å². The van der Waals surface area contributed by atoms with Crippen LogP contribution in [0.2, 0.25) is 0 Å². The van der Waals surface area contributed by atoms with Crippen LogP contribution in [0.5, 0.6) is 0 Å². The van der Waals surface area contributed by atoms with Crippen molar-refractivity contribution < 1.29 is 4.74 Å². The lowest BCUT2D eigenvalue weighted by atomic mass is 10.1. The molecule has 1 N–H and O–H groups in total. The van der Waals surface area contributed by atoms with Crippen molar-refractivity contribution in [3.05, 3.63) is 17.1 Å². The van der Waals surface area contributed by atoms with Crippen LogP contribution in [0.15, 0.2) is 0 Å². The Morgan fingerprint density at radius 2 is 2.11 bits per heavy atom. The Morgan fingerprint density at radius 3 is 2.89 bits per heavy atom. The van der Waals surface area contributed by atoms with E-state index in [-0.39, 0.29) is 6.10 Å². The fourth-order valence-corrected chi connectivity index (χ4v) is 3.62. The molecule has 1 aromatic heterocycles. The number of ether oxygens (including phenoxy) is 1. The first-order valence-electron chi connectivity index (χ1n) is 7.15. The number of rotatable bonds is 2. The second-order valence-electron chi connectivity index (χ2n) is 5.10. The molecule has 1 unspecified atom stereocenters. The molecule has 0 radical (unpaired) electrons. The summed E-state index contributed by atoms with van der Waals surface area (Å²) in [6.07, 6.45) is 6.04. The first-order valence-corrected chi connectivity index (χ1v) is 8.30. The molecule has 0 aromatic carbocycles. The van der Waals surface area contributed by atoms with Crippen LogP contribution in [-0.2, 0) is 17.6 Å². The lowest BCUT2D eigenvalue weighted by molar-refractivity contribution is 0.0693. The summed E-state index contributed by atoms with van der Waals surface area (Å²) in [6, 6.07) is 0. The topological polar surface area (TPSA) is 47.0 Å². The van der Waals surface area contributed by atoms with E-state index in [0.29, 0.717) is 0 Å². The van der Waals surface area contributed by atoms with E-state index in [9.17, 15) is 0 Å². The fraction of sp³-hybridized carbons (Fsp3) is 0.714. The molecule has 3 rings (SSSR count). The number of nitrogens with zero attached hydrogens (tertiary/aromatic N) is 2. The molecule has 1 aliphatic heterocycles. The van der Waals surface area contributed by atoms with Gasteiger partial charge in [-0.3, -0.25) is 0 Å². The minimum Gasteiger partial charge on any atom is -0.373 e. The average molecular weight is 279 g/mol. The number of aromatic nitrogens is 2. The number of hydrogen-bond acceptors (Lipinski definition) is 5. The van der Waals surface area contributed by atoms with Crippen molar-refractivity contribution in [2.75, 3.05) is 30.5 Å². The molecule has 104 valence electrons. The normalized spacial score (nSPS) is 23.5. The molecule has 19 heavy (non-hydrogen) atoms. The Morgan fingerprint density at radius 1 is 1.21 bits per heavy atom. The highest BCUT2D eigenvalue weighted by Crippen LogP contribution is 2.29. The summed E-state index contributed by atoms with van der Waals surface area (Å²) in [5.74, 6) is 3.95. The Kier molecular flexibility index (Phi) is 4.23. The predicted molar refractivity (Wildman–Crippen MR) is 78.9 cm³/mol. The van der Waals surface area contributed by atoms with Crippen LogP contribution in [0.1, 0.15) is 42.4 Å². The molecule has 2 heterocycles. The lowest BCUT2D eigenvalue weighted by Crippen LogP contribution is -2.20. The Bertz CT molecular complexity index is 447. The molecular weight excluding hydrogens is 258 g/mol. The van der Waals surface area contributed by atoms with Crippen molar-refractivity contribution in [1.29, 1.82) is 0 Å². The second-order valence-corrected chi connectivity index (χ2v) is 6.25. The summed E-state index contributed by atoms with van der Waals surface area (Å²) >= 11 is 1.93. The van der Waals surface area contributed by atoms with Gasteiger partial charge in [-0.2, -0.15) is 11.8 Å². The zero-order valence-corrected chi connectivity index (χ0v) is 12.3. The van der Waals surface area contributed by atoms with Crippen LogP contribution in [0.25, 0.3) is 0 Å². The Balaban J connectivity index is 1.94. The van der Waals surface area contributed by atoms with Gasteiger partial charge in [-0.25, -0.2) is 9.97 Å². The molecule has 1 saturated heterocycles. The standard InChI is InChI=1S/C14H21N3OS/c1-15-13-10-5-3-2-4-6-11(10)16-14(17-13)12-9-19-8-7-18-12/h12H,2-9H2,1H3,(H,15,16,17). The molecule has 1 fully saturated rings. The van der Waals surface area contributed by atoms with Crippen LogP contribution in [0.4, 0.5) is 5.82 Å². The number of nitrogens with one attached hydrogen (secondary N) is 1. The molecule has 0 spiro atoms. The van der Waals surface area contributed by atoms with Gasteiger partial charge in [0.25, 0.3) is 0 Å². The van der Waals surface area contributed by atoms with Gasteiger partial charge < -0.3 is 10.1 Å². The smallest absolute Gasteiger partial charge is 0.160 e. The number of aryl methyl sites for hydroxylation is 1. The van der Waals surface area contributed by atoms with E-state index in [1.54, 1.807) is 0 Å². The maximum Gasteiger partial charge on any atom is 0.160 e. The zero-order valence-electron chi connectivity index (χ0n) is 11.4. The number of hydrogen-bond donors (Lipinski definition) is 1. The van der Waals surface area contributed by atoms with E-state index >= 15 is 0 Å². The van der Waals surface area contributed by atoms with Crippen LogP contribution in [0, 0.1) is 0 Å². The molecular formula is C14H21N3OS.